The SMILES string of the molecule is Cc1cc(-c2c(N)nc(-c3cccc4c3OCCO4)nc2N2CCN(C)CC2)n[nH]1. The van der Waals surface area contributed by atoms with Crippen LogP contribution in [0, 0.1) is 6.92 Å². The molecule has 156 valence electrons. The van der Waals surface area contributed by atoms with E-state index in [2.05, 4.69) is 32.0 Å². The number of aromatic amines is 1. The summed E-state index contributed by atoms with van der Waals surface area (Å²) in [6.45, 7) is 6.61. The molecule has 4 heterocycles. The minimum atomic E-state index is 0.398. The molecule has 0 spiro atoms. The molecule has 3 N–H and O–H groups in total. The van der Waals surface area contributed by atoms with E-state index in [-0.39, 0.29) is 0 Å². The zero-order valence-electron chi connectivity index (χ0n) is 17.2. The third-order valence-corrected chi connectivity index (χ3v) is 5.49. The van der Waals surface area contributed by atoms with Gasteiger partial charge in [0.2, 0.25) is 0 Å². The molecule has 0 atom stereocenters. The van der Waals surface area contributed by atoms with Gasteiger partial charge in [0.05, 0.1) is 16.8 Å². The molecule has 0 saturated carbocycles. The molecule has 0 amide bonds. The number of piperazine rings is 1. The molecular formula is C21H25N7O2. The molecule has 0 unspecified atom stereocenters. The van der Waals surface area contributed by atoms with E-state index in [4.69, 9.17) is 20.2 Å². The highest BCUT2D eigenvalue weighted by atomic mass is 16.6. The van der Waals surface area contributed by atoms with Crippen LogP contribution >= 0.6 is 0 Å². The summed E-state index contributed by atoms with van der Waals surface area (Å²) >= 11 is 0. The standard InChI is InChI=1S/C21H25N7O2/c1-13-12-15(26-25-13)17-19(22)23-20(24-21(17)28-8-6-27(2)7-9-28)14-4-3-5-16-18(14)30-11-10-29-16/h3-5,12H,6-11H2,1-2H3,(H,25,26)(H2,22,23,24). The molecule has 2 aromatic heterocycles. The van der Waals surface area contributed by atoms with Crippen molar-refractivity contribution in [2.75, 3.05) is 57.1 Å². The van der Waals surface area contributed by atoms with Gasteiger partial charge in [-0.25, -0.2) is 9.97 Å². The summed E-state index contributed by atoms with van der Waals surface area (Å²) in [5.74, 6) is 3.09. The number of nitrogens with two attached hydrogens (primary N) is 1. The number of aryl methyl sites for hydroxylation is 1. The van der Waals surface area contributed by atoms with Gasteiger partial charge < -0.3 is 25.0 Å². The first kappa shape index (κ1) is 18.7. The number of nitrogens with zero attached hydrogens (tertiary/aromatic N) is 5. The Bertz CT molecular complexity index is 1070. The van der Waals surface area contributed by atoms with Crippen molar-refractivity contribution in [3.63, 3.8) is 0 Å². The van der Waals surface area contributed by atoms with Crippen molar-refractivity contribution in [2.24, 2.45) is 0 Å². The number of ether oxygens (including phenoxy) is 2. The molecule has 0 aliphatic carbocycles. The zero-order valence-corrected chi connectivity index (χ0v) is 17.2. The predicted molar refractivity (Wildman–Crippen MR) is 115 cm³/mol. The second-order valence-corrected chi connectivity index (χ2v) is 7.69. The van der Waals surface area contributed by atoms with Crippen molar-refractivity contribution < 1.29 is 9.47 Å². The number of para-hydroxylation sites is 1. The Morgan fingerprint density at radius 1 is 1.07 bits per heavy atom. The van der Waals surface area contributed by atoms with Crippen LogP contribution < -0.4 is 20.1 Å². The lowest BCUT2D eigenvalue weighted by molar-refractivity contribution is 0.172. The van der Waals surface area contributed by atoms with Crippen molar-refractivity contribution in [2.45, 2.75) is 6.92 Å². The lowest BCUT2D eigenvalue weighted by Crippen LogP contribution is -2.45. The summed E-state index contributed by atoms with van der Waals surface area (Å²) < 4.78 is 11.6. The van der Waals surface area contributed by atoms with Crippen LogP contribution in [0.1, 0.15) is 5.69 Å². The van der Waals surface area contributed by atoms with Crippen molar-refractivity contribution in [1.29, 1.82) is 0 Å². The van der Waals surface area contributed by atoms with E-state index in [0.29, 0.717) is 36.4 Å². The molecule has 1 saturated heterocycles. The van der Waals surface area contributed by atoms with Gasteiger partial charge in [0.15, 0.2) is 17.3 Å². The highest BCUT2D eigenvalue weighted by molar-refractivity contribution is 5.85. The average molecular weight is 407 g/mol. The van der Waals surface area contributed by atoms with Gasteiger partial charge in [0.1, 0.15) is 24.8 Å². The normalized spacial score (nSPS) is 16.7. The Kier molecular flexibility index (Phi) is 4.66. The number of fused-ring (bicyclic) bond motifs is 1. The summed E-state index contributed by atoms with van der Waals surface area (Å²) in [4.78, 5) is 14.2. The minimum Gasteiger partial charge on any atom is -0.486 e. The van der Waals surface area contributed by atoms with Crippen molar-refractivity contribution in [1.82, 2.24) is 25.1 Å². The molecule has 2 aliphatic heterocycles. The summed E-state index contributed by atoms with van der Waals surface area (Å²) in [7, 11) is 2.13. The molecule has 9 nitrogen and oxygen atoms in total. The summed E-state index contributed by atoms with van der Waals surface area (Å²) in [6, 6.07) is 7.72. The number of aromatic nitrogens is 4. The lowest BCUT2D eigenvalue weighted by Gasteiger charge is -2.34. The van der Waals surface area contributed by atoms with Gasteiger partial charge in [0, 0.05) is 31.9 Å². The maximum atomic E-state index is 6.50. The number of hydrogen-bond donors (Lipinski definition) is 2. The largest absolute Gasteiger partial charge is 0.486 e. The molecule has 0 bridgehead atoms. The van der Waals surface area contributed by atoms with Crippen LogP contribution in [0.5, 0.6) is 11.5 Å². The maximum absolute atomic E-state index is 6.50. The average Bonchev–Trinajstić information content (AvgIpc) is 3.19. The first-order valence-corrected chi connectivity index (χ1v) is 10.1. The highest BCUT2D eigenvalue weighted by Gasteiger charge is 2.26. The van der Waals surface area contributed by atoms with Crippen LogP contribution in [-0.2, 0) is 0 Å². The van der Waals surface area contributed by atoms with E-state index < -0.39 is 0 Å². The Hall–Kier alpha value is -3.33. The van der Waals surface area contributed by atoms with Gasteiger partial charge in [-0.1, -0.05) is 6.07 Å². The molecule has 0 radical (unpaired) electrons. The van der Waals surface area contributed by atoms with Crippen LogP contribution in [0.15, 0.2) is 24.3 Å². The topological polar surface area (TPSA) is 105 Å². The van der Waals surface area contributed by atoms with Crippen molar-refractivity contribution in [3.05, 3.63) is 30.0 Å². The maximum Gasteiger partial charge on any atom is 0.172 e. The third-order valence-electron chi connectivity index (χ3n) is 5.49. The summed E-state index contributed by atoms with van der Waals surface area (Å²) in [6.07, 6.45) is 0. The molecule has 30 heavy (non-hydrogen) atoms. The van der Waals surface area contributed by atoms with E-state index in [1.807, 2.05) is 31.2 Å². The highest BCUT2D eigenvalue weighted by Crippen LogP contribution is 2.41. The number of nitrogens with one attached hydrogen (secondary N) is 1. The number of anilines is 2. The Labute approximate surface area is 174 Å². The molecular weight excluding hydrogens is 382 g/mol. The summed E-state index contributed by atoms with van der Waals surface area (Å²) in [5.41, 5.74) is 9.74. The molecule has 1 fully saturated rings. The lowest BCUT2D eigenvalue weighted by atomic mass is 10.1. The van der Waals surface area contributed by atoms with Crippen LogP contribution in [0.4, 0.5) is 11.6 Å². The Balaban J connectivity index is 1.66. The van der Waals surface area contributed by atoms with Gasteiger partial charge in [-0.15, -0.1) is 0 Å². The Morgan fingerprint density at radius 3 is 2.63 bits per heavy atom. The number of hydrogen-bond acceptors (Lipinski definition) is 8. The number of rotatable bonds is 3. The number of H-pyrrole nitrogens is 1. The van der Waals surface area contributed by atoms with Crippen molar-refractivity contribution in [3.8, 4) is 34.1 Å². The van der Waals surface area contributed by atoms with E-state index in [9.17, 15) is 0 Å². The van der Waals surface area contributed by atoms with Crippen molar-refractivity contribution >= 4 is 11.6 Å². The zero-order chi connectivity index (χ0) is 20.7. The monoisotopic (exact) mass is 407 g/mol. The van der Waals surface area contributed by atoms with E-state index >= 15 is 0 Å². The van der Waals surface area contributed by atoms with Crippen LogP contribution in [-0.4, -0.2) is 71.5 Å². The first-order valence-electron chi connectivity index (χ1n) is 10.1. The van der Waals surface area contributed by atoms with E-state index in [1.54, 1.807) is 0 Å². The van der Waals surface area contributed by atoms with Gasteiger partial charge in [-0.05, 0) is 32.2 Å². The third kappa shape index (κ3) is 3.30. The minimum absolute atomic E-state index is 0.398. The smallest absolute Gasteiger partial charge is 0.172 e. The fourth-order valence-corrected chi connectivity index (χ4v) is 3.87. The van der Waals surface area contributed by atoms with Gasteiger partial charge in [-0.3, -0.25) is 5.10 Å². The van der Waals surface area contributed by atoms with E-state index in [0.717, 1.165) is 54.5 Å². The van der Waals surface area contributed by atoms with Crippen LogP contribution in [0.2, 0.25) is 0 Å². The van der Waals surface area contributed by atoms with E-state index in [1.165, 1.54) is 0 Å². The van der Waals surface area contributed by atoms with Gasteiger partial charge in [-0.2, -0.15) is 5.10 Å². The first-order chi connectivity index (χ1) is 14.6. The quantitative estimate of drug-likeness (QED) is 0.679. The molecule has 1 aromatic carbocycles. The second kappa shape index (κ2) is 7.49. The van der Waals surface area contributed by atoms with Gasteiger partial charge in [0.25, 0.3) is 0 Å². The second-order valence-electron chi connectivity index (χ2n) is 7.69. The predicted octanol–water partition coefficient (Wildman–Crippen LogP) is 1.95. The van der Waals surface area contributed by atoms with Crippen LogP contribution in [0.25, 0.3) is 22.6 Å². The fourth-order valence-electron chi connectivity index (χ4n) is 3.87. The molecule has 3 aromatic rings. The molecule has 2 aliphatic rings. The molecule has 9 heteroatoms. The Morgan fingerprint density at radius 2 is 1.87 bits per heavy atom. The number of nitrogen functional groups attached to an aromatic ring is 1. The van der Waals surface area contributed by atoms with Crippen LogP contribution in [0.3, 0.4) is 0 Å². The summed E-state index contributed by atoms with van der Waals surface area (Å²) in [5, 5.41) is 7.42. The molecule has 5 rings (SSSR count). The fraction of sp³-hybridized carbons (Fsp3) is 0.381. The number of likely N-dealkylation sites (N-methyl/N-ethyl adjacent to an activating group) is 1. The number of benzene rings is 1. The van der Waals surface area contributed by atoms with Gasteiger partial charge >= 0.3 is 0 Å².